The average molecular weight is 267 g/mol. The number of carbonyl (C=O) groups is 1. The van der Waals surface area contributed by atoms with Gasteiger partial charge in [0, 0.05) is 13.1 Å². The number of amides is 1. The molecule has 7 heteroatoms. The topological polar surface area (TPSA) is 88.6 Å². The van der Waals surface area contributed by atoms with E-state index in [1.54, 1.807) is 4.90 Å². The maximum Gasteiger partial charge on any atom is 0.433 e. The van der Waals surface area contributed by atoms with Crippen molar-refractivity contribution in [3.8, 4) is 0 Å². The van der Waals surface area contributed by atoms with Gasteiger partial charge in [-0.2, -0.15) is 0 Å². The number of likely N-dealkylation sites (tertiary alicyclic amines) is 1. The molecule has 1 amide bonds. The van der Waals surface area contributed by atoms with Gasteiger partial charge in [-0.1, -0.05) is 0 Å². The van der Waals surface area contributed by atoms with E-state index in [0.717, 1.165) is 19.4 Å². The van der Waals surface area contributed by atoms with Crippen molar-refractivity contribution in [3.05, 3.63) is 28.0 Å². The van der Waals surface area contributed by atoms with Crippen LogP contribution in [0, 0.1) is 16.0 Å². The molecule has 1 saturated heterocycles. The van der Waals surface area contributed by atoms with Gasteiger partial charge >= 0.3 is 5.88 Å². The van der Waals surface area contributed by atoms with E-state index in [2.05, 4.69) is 5.32 Å². The largest absolute Gasteiger partial charge is 0.433 e. The zero-order chi connectivity index (χ0) is 13.8. The fraction of sp³-hybridized carbons (Fsp3) is 0.583. The van der Waals surface area contributed by atoms with E-state index in [1.807, 2.05) is 7.05 Å². The first-order valence-electron chi connectivity index (χ1n) is 6.30. The monoisotopic (exact) mass is 267 g/mol. The van der Waals surface area contributed by atoms with Gasteiger partial charge in [0.05, 0.1) is 6.07 Å². The molecule has 0 spiro atoms. The molecule has 1 fully saturated rings. The van der Waals surface area contributed by atoms with Gasteiger partial charge in [-0.05, 0) is 38.4 Å². The van der Waals surface area contributed by atoms with Crippen molar-refractivity contribution in [1.82, 2.24) is 10.2 Å². The van der Waals surface area contributed by atoms with Gasteiger partial charge in [0.15, 0.2) is 5.76 Å². The third kappa shape index (κ3) is 3.11. The lowest BCUT2D eigenvalue weighted by Crippen LogP contribution is -2.42. The Bertz CT molecular complexity index is 469. The van der Waals surface area contributed by atoms with Crippen LogP contribution in [0.2, 0.25) is 0 Å². The van der Waals surface area contributed by atoms with E-state index in [4.69, 9.17) is 4.42 Å². The molecule has 1 aliphatic rings. The van der Waals surface area contributed by atoms with Gasteiger partial charge in [0.25, 0.3) is 5.91 Å². The normalized spacial score (nSPS) is 19.4. The highest BCUT2D eigenvalue weighted by Crippen LogP contribution is 2.21. The molecule has 104 valence electrons. The number of hydrogen-bond acceptors (Lipinski definition) is 5. The molecule has 2 rings (SSSR count). The number of rotatable bonds is 4. The van der Waals surface area contributed by atoms with Crippen LogP contribution in [0.4, 0.5) is 5.88 Å². The molecule has 1 unspecified atom stereocenters. The van der Waals surface area contributed by atoms with Crippen molar-refractivity contribution in [2.75, 3.05) is 26.7 Å². The lowest BCUT2D eigenvalue weighted by Gasteiger charge is -2.32. The molecular weight excluding hydrogens is 250 g/mol. The van der Waals surface area contributed by atoms with Gasteiger partial charge in [0.2, 0.25) is 0 Å². The summed E-state index contributed by atoms with van der Waals surface area (Å²) in [5, 5.41) is 13.6. The molecule has 1 aliphatic heterocycles. The van der Waals surface area contributed by atoms with Crippen molar-refractivity contribution in [2.24, 2.45) is 5.92 Å². The van der Waals surface area contributed by atoms with Crippen LogP contribution in [0.5, 0.6) is 0 Å². The van der Waals surface area contributed by atoms with E-state index in [9.17, 15) is 14.9 Å². The quantitative estimate of drug-likeness (QED) is 0.655. The molecule has 0 saturated carbocycles. The summed E-state index contributed by atoms with van der Waals surface area (Å²) in [7, 11) is 1.89. The lowest BCUT2D eigenvalue weighted by atomic mass is 9.98. The van der Waals surface area contributed by atoms with Crippen LogP contribution in [-0.2, 0) is 0 Å². The van der Waals surface area contributed by atoms with Crippen LogP contribution in [0.1, 0.15) is 23.4 Å². The van der Waals surface area contributed by atoms with E-state index >= 15 is 0 Å². The summed E-state index contributed by atoms with van der Waals surface area (Å²) in [6.45, 7) is 2.20. The van der Waals surface area contributed by atoms with Crippen LogP contribution in [0.15, 0.2) is 16.5 Å². The smallest absolute Gasteiger partial charge is 0.395 e. The Kier molecular flexibility index (Phi) is 4.16. The molecule has 7 nitrogen and oxygen atoms in total. The Labute approximate surface area is 110 Å². The number of nitrogens with one attached hydrogen (secondary N) is 1. The standard InChI is InChI=1S/C12H17N3O4/c1-13-7-9-3-2-6-14(8-9)12(16)10-4-5-11(19-10)15(17)18/h4-5,9,13H,2-3,6-8H2,1H3. The van der Waals surface area contributed by atoms with Gasteiger partial charge in [-0.25, -0.2) is 0 Å². The van der Waals surface area contributed by atoms with Crippen LogP contribution in [0.3, 0.4) is 0 Å². The first kappa shape index (κ1) is 13.5. The Balaban J connectivity index is 2.03. The molecule has 0 aliphatic carbocycles. The third-order valence-corrected chi connectivity index (χ3v) is 3.28. The van der Waals surface area contributed by atoms with Gasteiger partial charge in [-0.3, -0.25) is 14.9 Å². The number of furan rings is 1. The average Bonchev–Trinajstić information content (AvgIpc) is 2.88. The van der Waals surface area contributed by atoms with Gasteiger partial charge in [0.1, 0.15) is 4.92 Å². The van der Waals surface area contributed by atoms with Crippen molar-refractivity contribution in [2.45, 2.75) is 12.8 Å². The molecule has 0 aromatic carbocycles. The molecule has 1 aromatic rings. The summed E-state index contributed by atoms with van der Waals surface area (Å²) in [6, 6.07) is 2.57. The van der Waals surface area contributed by atoms with Crippen LogP contribution < -0.4 is 5.32 Å². The van der Waals surface area contributed by atoms with Crippen LogP contribution in [-0.4, -0.2) is 42.4 Å². The fourth-order valence-corrected chi connectivity index (χ4v) is 2.40. The molecule has 1 N–H and O–H groups in total. The minimum Gasteiger partial charge on any atom is -0.395 e. The van der Waals surface area contributed by atoms with Crippen molar-refractivity contribution >= 4 is 11.8 Å². The molecule has 1 aromatic heterocycles. The van der Waals surface area contributed by atoms with E-state index in [1.165, 1.54) is 12.1 Å². The third-order valence-electron chi connectivity index (χ3n) is 3.28. The predicted octanol–water partition coefficient (Wildman–Crippen LogP) is 1.26. The van der Waals surface area contributed by atoms with Crippen molar-refractivity contribution < 1.29 is 14.1 Å². The minimum absolute atomic E-state index is 0.0387. The highest BCUT2D eigenvalue weighted by atomic mass is 16.6. The molecule has 0 radical (unpaired) electrons. The minimum atomic E-state index is -0.642. The summed E-state index contributed by atoms with van der Waals surface area (Å²) in [5.74, 6) is -0.203. The number of carbonyl (C=O) groups excluding carboxylic acids is 1. The number of piperidine rings is 1. The van der Waals surface area contributed by atoms with Crippen LogP contribution in [0.25, 0.3) is 0 Å². The molecule has 1 atom stereocenters. The number of hydrogen-bond donors (Lipinski definition) is 1. The molecular formula is C12H17N3O4. The maximum absolute atomic E-state index is 12.2. The summed E-state index contributed by atoms with van der Waals surface area (Å²) in [5.41, 5.74) is 0. The van der Waals surface area contributed by atoms with E-state index < -0.39 is 10.8 Å². The second-order valence-corrected chi connectivity index (χ2v) is 4.71. The summed E-state index contributed by atoms with van der Waals surface area (Å²) in [4.78, 5) is 23.8. The maximum atomic E-state index is 12.2. The Hall–Kier alpha value is -1.89. The second-order valence-electron chi connectivity index (χ2n) is 4.71. The van der Waals surface area contributed by atoms with Gasteiger partial charge in [-0.15, -0.1) is 0 Å². The van der Waals surface area contributed by atoms with Gasteiger partial charge < -0.3 is 14.6 Å². The highest BCUT2D eigenvalue weighted by molar-refractivity contribution is 5.91. The summed E-state index contributed by atoms with van der Waals surface area (Å²) in [6.07, 6.45) is 2.03. The molecule has 19 heavy (non-hydrogen) atoms. The Morgan fingerprint density at radius 1 is 1.63 bits per heavy atom. The fourth-order valence-electron chi connectivity index (χ4n) is 2.40. The first-order chi connectivity index (χ1) is 9.11. The molecule has 2 heterocycles. The van der Waals surface area contributed by atoms with E-state index in [-0.39, 0.29) is 11.7 Å². The first-order valence-corrected chi connectivity index (χ1v) is 6.30. The van der Waals surface area contributed by atoms with Crippen molar-refractivity contribution in [1.29, 1.82) is 0 Å². The zero-order valence-corrected chi connectivity index (χ0v) is 10.8. The Morgan fingerprint density at radius 2 is 2.42 bits per heavy atom. The summed E-state index contributed by atoms with van der Waals surface area (Å²) >= 11 is 0. The highest BCUT2D eigenvalue weighted by Gasteiger charge is 2.27. The lowest BCUT2D eigenvalue weighted by molar-refractivity contribution is -0.402. The second kappa shape index (κ2) is 5.83. The molecule has 0 bridgehead atoms. The number of nitrogens with zero attached hydrogens (tertiary/aromatic N) is 2. The van der Waals surface area contributed by atoms with Crippen molar-refractivity contribution in [3.63, 3.8) is 0 Å². The zero-order valence-electron chi connectivity index (χ0n) is 10.8. The van der Waals surface area contributed by atoms with E-state index in [0.29, 0.717) is 19.0 Å². The Morgan fingerprint density at radius 3 is 3.05 bits per heavy atom. The van der Waals surface area contributed by atoms with Crippen LogP contribution >= 0.6 is 0 Å². The number of nitro groups is 1. The summed E-state index contributed by atoms with van der Waals surface area (Å²) < 4.78 is 4.95. The predicted molar refractivity (Wildman–Crippen MR) is 67.9 cm³/mol. The SMILES string of the molecule is CNCC1CCCN(C(=O)c2ccc([N+](=O)[O-])o2)C1.